The number of carbonyl (C=O) groups is 5. The minimum atomic E-state index is -1.04. The van der Waals surface area contributed by atoms with Crippen LogP contribution in [0.5, 0.6) is 11.5 Å². The average molecular weight is 694 g/mol. The van der Waals surface area contributed by atoms with Gasteiger partial charge in [-0.2, -0.15) is 0 Å². The smallest absolute Gasteiger partial charge is 0.245 e. The molecule has 272 valence electrons. The van der Waals surface area contributed by atoms with E-state index in [2.05, 4.69) is 21.3 Å². The first-order chi connectivity index (χ1) is 23.9. The molecule has 5 N–H and O–H groups in total. The summed E-state index contributed by atoms with van der Waals surface area (Å²) >= 11 is 0. The molecule has 13 nitrogen and oxygen atoms in total. The summed E-state index contributed by atoms with van der Waals surface area (Å²) in [6, 6.07) is 10.2. The van der Waals surface area contributed by atoms with Crippen LogP contribution in [-0.2, 0) is 36.8 Å². The minimum Gasteiger partial charge on any atom is -0.497 e. The van der Waals surface area contributed by atoms with Crippen LogP contribution in [0.15, 0.2) is 48.5 Å². The van der Waals surface area contributed by atoms with Gasteiger partial charge < -0.3 is 40.7 Å². The number of rotatable bonds is 8. The number of methoxy groups -OCH3 is 1. The van der Waals surface area contributed by atoms with Gasteiger partial charge in [0.25, 0.3) is 0 Å². The van der Waals surface area contributed by atoms with Gasteiger partial charge in [0.1, 0.15) is 42.3 Å². The molecule has 3 heterocycles. The first-order valence-electron chi connectivity index (χ1n) is 17.4. The van der Waals surface area contributed by atoms with Gasteiger partial charge >= 0.3 is 0 Å². The second-order valence-corrected chi connectivity index (χ2v) is 13.6. The lowest BCUT2D eigenvalue weighted by atomic mass is 10.0. The van der Waals surface area contributed by atoms with Gasteiger partial charge in [-0.15, -0.1) is 0 Å². The predicted molar refractivity (Wildman–Crippen MR) is 186 cm³/mol. The van der Waals surface area contributed by atoms with Gasteiger partial charge in [-0.25, -0.2) is 0 Å². The quantitative estimate of drug-likeness (QED) is 0.260. The lowest BCUT2D eigenvalue weighted by molar-refractivity contribution is -0.142. The van der Waals surface area contributed by atoms with E-state index in [1.807, 2.05) is 50.2 Å². The van der Waals surface area contributed by atoms with E-state index >= 15 is 0 Å². The number of benzene rings is 2. The molecular weight excluding hydrogens is 642 g/mol. The summed E-state index contributed by atoms with van der Waals surface area (Å²) in [5.74, 6) is -0.873. The number of ether oxygens (including phenoxy) is 2. The normalized spacial score (nSPS) is 25.2. The number of fused-ring (bicyclic) bond motifs is 14. The summed E-state index contributed by atoms with van der Waals surface area (Å²) < 4.78 is 11.2. The van der Waals surface area contributed by atoms with Gasteiger partial charge in [0.05, 0.1) is 19.3 Å². The fraction of sp³-hybridized carbons (Fsp3) is 0.541. The number of hydrogen-bond donors (Lipinski definition) is 5. The fourth-order valence-electron chi connectivity index (χ4n) is 6.24. The summed E-state index contributed by atoms with van der Waals surface area (Å²) in [7, 11) is 1.58. The van der Waals surface area contributed by atoms with E-state index in [4.69, 9.17) is 9.47 Å². The number of carbonyl (C=O) groups excluding carboxylic acids is 5. The average Bonchev–Trinajstić information content (AvgIpc) is 3.49. The van der Waals surface area contributed by atoms with Gasteiger partial charge in [-0.3, -0.25) is 24.0 Å². The molecule has 0 spiro atoms. The van der Waals surface area contributed by atoms with Crippen LogP contribution in [0.2, 0.25) is 0 Å². The summed E-state index contributed by atoms with van der Waals surface area (Å²) in [6.07, 6.45) is 0.588. The molecule has 0 aromatic heterocycles. The maximum atomic E-state index is 13.8. The van der Waals surface area contributed by atoms with Crippen molar-refractivity contribution in [2.24, 2.45) is 5.92 Å². The van der Waals surface area contributed by atoms with E-state index in [9.17, 15) is 29.1 Å². The van der Waals surface area contributed by atoms with E-state index in [0.717, 1.165) is 11.1 Å². The summed E-state index contributed by atoms with van der Waals surface area (Å²) in [5.41, 5.74) is 1.69. The lowest BCUT2D eigenvalue weighted by Crippen LogP contribution is -2.58. The Morgan fingerprint density at radius 3 is 2.34 bits per heavy atom. The monoisotopic (exact) mass is 693 g/mol. The number of nitrogens with zero attached hydrogens (tertiary/aromatic N) is 1. The Morgan fingerprint density at radius 1 is 1.00 bits per heavy atom. The SMILES string of the molecule is CC[C@@H]1NC(=O)[C@@H](NC(=O)CCc2ccc(OC)cc2)Cc2ccc(cc2)OC[C@H](CC(C)C)NC(=O)[C@@H](C)NC(=O)[C@@H]2C[C@@H](O)CN2C1=O. The number of amides is 5. The zero-order chi connectivity index (χ0) is 36.4. The molecule has 5 amide bonds. The molecule has 13 heteroatoms. The van der Waals surface area contributed by atoms with Crippen LogP contribution in [0.1, 0.15) is 64.5 Å². The van der Waals surface area contributed by atoms with Crippen LogP contribution in [0.25, 0.3) is 0 Å². The third-order valence-corrected chi connectivity index (χ3v) is 9.01. The molecule has 0 aliphatic carbocycles. The number of hydrogen-bond acceptors (Lipinski definition) is 8. The van der Waals surface area contributed by atoms with Crippen molar-refractivity contribution in [1.29, 1.82) is 0 Å². The highest BCUT2D eigenvalue weighted by atomic mass is 16.5. The van der Waals surface area contributed by atoms with Gasteiger partial charge in [0.2, 0.25) is 29.5 Å². The topological polar surface area (TPSA) is 175 Å². The van der Waals surface area contributed by atoms with Crippen LogP contribution in [0.3, 0.4) is 0 Å². The molecule has 0 unspecified atom stereocenters. The third kappa shape index (κ3) is 10.7. The van der Waals surface area contributed by atoms with E-state index in [-0.39, 0.29) is 56.7 Å². The first-order valence-corrected chi connectivity index (χ1v) is 17.4. The van der Waals surface area contributed by atoms with Crippen molar-refractivity contribution in [3.63, 3.8) is 0 Å². The Morgan fingerprint density at radius 2 is 1.70 bits per heavy atom. The standard InChI is InChI=1S/C37H51N5O8/c1-6-30-37(48)42-20-27(43)19-32(42)36(47)38-23(4)34(45)39-26(17-22(2)3)21-50-29-14-9-25(10-15-29)18-31(35(46)41-30)40-33(44)16-11-24-7-12-28(49-5)13-8-24/h7-10,12-15,22-23,26-27,30-32,43H,6,11,16-21H2,1-5H3,(H,38,47)(H,39,45)(H,40,44)(H,41,46)/t23-,26+,27-,30+,31+,32+/m1/s1. The second kappa shape index (κ2) is 17.8. The maximum Gasteiger partial charge on any atom is 0.245 e. The third-order valence-electron chi connectivity index (χ3n) is 9.01. The molecular formula is C37H51N5O8. The van der Waals surface area contributed by atoms with E-state index in [0.29, 0.717) is 24.3 Å². The summed E-state index contributed by atoms with van der Waals surface area (Å²) in [4.78, 5) is 68.6. The number of nitrogens with one attached hydrogen (secondary N) is 4. The highest BCUT2D eigenvalue weighted by Gasteiger charge is 2.42. The number of aryl methyl sites for hydroxylation is 1. The fourth-order valence-corrected chi connectivity index (χ4v) is 6.24. The van der Waals surface area contributed by atoms with E-state index < -0.39 is 53.9 Å². The van der Waals surface area contributed by atoms with Crippen LogP contribution in [0, 0.1) is 5.92 Å². The molecule has 2 aromatic rings. The number of aliphatic hydroxyl groups excluding tert-OH is 1. The molecule has 2 bridgehead atoms. The molecule has 1 saturated heterocycles. The van der Waals surface area contributed by atoms with Crippen molar-refractivity contribution in [1.82, 2.24) is 26.2 Å². The van der Waals surface area contributed by atoms with E-state index in [1.54, 1.807) is 33.1 Å². The zero-order valence-corrected chi connectivity index (χ0v) is 29.6. The Hall–Kier alpha value is -4.65. The van der Waals surface area contributed by atoms with Gasteiger partial charge in [-0.05, 0) is 67.5 Å². The highest BCUT2D eigenvalue weighted by molar-refractivity contribution is 5.96. The highest BCUT2D eigenvalue weighted by Crippen LogP contribution is 2.21. The second-order valence-electron chi connectivity index (χ2n) is 13.6. The molecule has 3 aliphatic rings. The largest absolute Gasteiger partial charge is 0.497 e. The lowest BCUT2D eigenvalue weighted by Gasteiger charge is -2.30. The van der Waals surface area contributed by atoms with Crippen molar-refractivity contribution < 1.29 is 38.6 Å². The summed E-state index contributed by atoms with van der Waals surface area (Å²) in [5, 5.41) is 21.8. The Kier molecular flexibility index (Phi) is 13.6. The molecule has 3 aliphatic heterocycles. The van der Waals surface area contributed by atoms with Crippen LogP contribution in [-0.4, -0.2) is 96.1 Å². The van der Waals surface area contributed by atoms with E-state index in [1.165, 1.54) is 4.90 Å². The Labute approximate surface area is 293 Å². The molecule has 2 aromatic carbocycles. The molecule has 5 rings (SSSR count). The minimum absolute atomic E-state index is 0.0113. The van der Waals surface area contributed by atoms with Crippen molar-refractivity contribution >= 4 is 29.5 Å². The van der Waals surface area contributed by atoms with Crippen molar-refractivity contribution in [3.05, 3.63) is 59.7 Å². The molecule has 0 radical (unpaired) electrons. The first kappa shape index (κ1) is 38.2. The van der Waals surface area contributed by atoms with Crippen molar-refractivity contribution in [2.45, 2.75) is 103 Å². The van der Waals surface area contributed by atoms with Crippen molar-refractivity contribution in [2.75, 3.05) is 20.3 Å². The van der Waals surface area contributed by atoms with Gasteiger partial charge in [-0.1, -0.05) is 45.0 Å². The zero-order valence-electron chi connectivity index (χ0n) is 29.6. The molecule has 6 atom stereocenters. The molecule has 50 heavy (non-hydrogen) atoms. The Bertz CT molecular complexity index is 1480. The number of aliphatic hydroxyl groups is 1. The Balaban J connectivity index is 1.59. The molecule has 1 fully saturated rings. The molecule has 0 saturated carbocycles. The van der Waals surface area contributed by atoms with Crippen LogP contribution < -0.4 is 30.7 Å². The van der Waals surface area contributed by atoms with Crippen LogP contribution in [0.4, 0.5) is 0 Å². The summed E-state index contributed by atoms with van der Waals surface area (Å²) in [6.45, 7) is 7.44. The van der Waals surface area contributed by atoms with Crippen LogP contribution >= 0.6 is 0 Å². The van der Waals surface area contributed by atoms with Crippen molar-refractivity contribution in [3.8, 4) is 11.5 Å². The maximum absolute atomic E-state index is 13.8. The van der Waals surface area contributed by atoms with Gasteiger partial charge in [0.15, 0.2) is 0 Å². The predicted octanol–water partition coefficient (Wildman–Crippen LogP) is 1.64. The van der Waals surface area contributed by atoms with Gasteiger partial charge in [0, 0.05) is 25.8 Å².